The highest BCUT2D eigenvalue weighted by atomic mass is 16.1. The van der Waals surface area contributed by atoms with Gasteiger partial charge >= 0.3 is 0 Å². The Kier molecular flexibility index (Phi) is 3.87. The molecule has 7 nitrogen and oxygen atoms in total. The summed E-state index contributed by atoms with van der Waals surface area (Å²) < 4.78 is 2.05. The van der Waals surface area contributed by atoms with E-state index < -0.39 is 0 Å². The molecule has 3 N–H and O–H groups in total. The molecule has 0 saturated heterocycles. The topological polar surface area (TPSA) is 87.6 Å². The molecule has 1 fully saturated rings. The van der Waals surface area contributed by atoms with Crippen LogP contribution in [-0.4, -0.2) is 32.4 Å². The highest BCUT2D eigenvalue weighted by molar-refractivity contribution is 5.93. The Balaban J connectivity index is 1.39. The largest absolute Gasteiger partial charge is 0.345 e. The van der Waals surface area contributed by atoms with Crippen LogP contribution in [0.3, 0.4) is 0 Å². The van der Waals surface area contributed by atoms with Crippen LogP contribution in [0.15, 0.2) is 12.3 Å². The second kappa shape index (κ2) is 6.16. The van der Waals surface area contributed by atoms with Crippen molar-refractivity contribution in [3.63, 3.8) is 0 Å². The number of carbonyl (C=O) groups excluding carboxylic acids is 1. The lowest BCUT2D eigenvalue weighted by Gasteiger charge is -2.12. The van der Waals surface area contributed by atoms with Gasteiger partial charge in [0.2, 0.25) is 0 Å². The number of nitrogens with zero attached hydrogens (tertiary/aromatic N) is 3. The number of rotatable bonds is 4. The first-order valence-corrected chi connectivity index (χ1v) is 8.40. The Morgan fingerprint density at radius 1 is 1.39 bits per heavy atom. The molecule has 0 atom stereocenters. The molecule has 2 aromatic rings. The maximum atomic E-state index is 12.4. The van der Waals surface area contributed by atoms with Gasteiger partial charge in [-0.2, -0.15) is 10.2 Å². The first-order valence-electron chi connectivity index (χ1n) is 8.40. The number of aromatic amines is 1. The van der Waals surface area contributed by atoms with Gasteiger partial charge in [-0.3, -0.25) is 14.6 Å². The molecule has 1 amide bonds. The fraction of sp³-hybridized carbons (Fsp3) is 0.562. The summed E-state index contributed by atoms with van der Waals surface area (Å²) in [5.41, 5.74) is 3.46. The van der Waals surface area contributed by atoms with Crippen molar-refractivity contribution in [2.75, 3.05) is 6.54 Å². The predicted octanol–water partition coefficient (Wildman–Crippen LogP) is 1.30. The molecule has 7 heteroatoms. The third-order valence-electron chi connectivity index (χ3n) is 4.81. The molecular weight excluding hydrogens is 292 g/mol. The van der Waals surface area contributed by atoms with E-state index in [2.05, 4.69) is 30.6 Å². The van der Waals surface area contributed by atoms with E-state index in [1.807, 2.05) is 12.3 Å². The van der Waals surface area contributed by atoms with Crippen LogP contribution in [0, 0.1) is 0 Å². The molecular formula is C16H22N6O. The van der Waals surface area contributed by atoms with Crippen LogP contribution in [0.25, 0.3) is 0 Å². The van der Waals surface area contributed by atoms with Crippen molar-refractivity contribution in [3.8, 4) is 0 Å². The van der Waals surface area contributed by atoms with Crippen molar-refractivity contribution in [2.45, 2.75) is 51.2 Å². The lowest BCUT2D eigenvalue weighted by Crippen LogP contribution is -2.28. The van der Waals surface area contributed by atoms with Gasteiger partial charge in [-0.15, -0.1) is 0 Å². The zero-order valence-electron chi connectivity index (χ0n) is 13.1. The predicted molar refractivity (Wildman–Crippen MR) is 84.9 cm³/mol. The molecule has 0 bridgehead atoms. The number of amides is 1. The molecule has 23 heavy (non-hydrogen) atoms. The molecule has 0 spiro atoms. The Morgan fingerprint density at radius 2 is 2.26 bits per heavy atom. The first-order chi connectivity index (χ1) is 11.3. The van der Waals surface area contributed by atoms with Crippen molar-refractivity contribution < 1.29 is 4.79 Å². The van der Waals surface area contributed by atoms with Gasteiger partial charge in [-0.1, -0.05) is 12.8 Å². The Morgan fingerprint density at radius 3 is 3.13 bits per heavy atom. The summed E-state index contributed by atoms with van der Waals surface area (Å²) in [5, 5.41) is 18.0. The van der Waals surface area contributed by atoms with E-state index >= 15 is 0 Å². The van der Waals surface area contributed by atoms with E-state index in [0.717, 1.165) is 29.9 Å². The van der Waals surface area contributed by atoms with Gasteiger partial charge in [0.05, 0.1) is 18.3 Å². The Hall–Kier alpha value is -2.15. The highest BCUT2D eigenvalue weighted by Crippen LogP contribution is 2.28. The van der Waals surface area contributed by atoms with E-state index in [0.29, 0.717) is 24.8 Å². The molecule has 0 unspecified atom stereocenters. The minimum Gasteiger partial charge on any atom is -0.345 e. The molecule has 2 aromatic heterocycles. The van der Waals surface area contributed by atoms with Crippen molar-refractivity contribution in [1.82, 2.24) is 30.6 Å². The summed E-state index contributed by atoms with van der Waals surface area (Å²) in [6, 6.07) is 2.52. The van der Waals surface area contributed by atoms with E-state index in [1.165, 1.54) is 25.7 Å². The highest BCUT2D eigenvalue weighted by Gasteiger charge is 2.22. The fourth-order valence-corrected chi connectivity index (χ4v) is 3.51. The maximum absolute atomic E-state index is 12.4. The van der Waals surface area contributed by atoms with Gasteiger partial charge in [0.1, 0.15) is 0 Å². The molecule has 0 aromatic carbocycles. The molecule has 0 radical (unpaired) electrons. The van der Waals surface area contributed by atoms with Crippen LogP contribution in [0.5, 0.6) is 0 Å². The zero-order chi connectivity index (χ0) is 15.6. The summed E-state index contributed by atoms with van der Waals surface area (Å²) in [6.07, 6.45) is 7.91. The van der Waals surface area contributed by atoms with Gasteiger partial charge in [0.25, 0.3) is 5.91 Å². The number of hydrogen-bond acceptors (Lipinski definition) is 4. The number of carbonyl (C=O) groups is 1. The number of H-pyrrole nitrogens is 1. The third kappa shape index (κ3) is 2.88. The van der Waals surface area contributed by atoms with Crippen LogP contribution in [-0.2, 0) is 19.5 Å². The third-order valence-corrected chi connectivity index (χ3v) is 4.81. The lowest BCUT2D eigenvalue weighted by atomic mass is 10.1. The monoisotopic (exact) mass is 314 g/mol. The van der Waals surface area contributed by atoms with Crippen molar-refractivity contribution >= 4 is 5.91 Å². The summed E-state index contributed by atoms with van der Waals surface area (Å²) in [6.45, 7) is 2.06. The average Bonchev–Trinajstić information content (AvgIpc) is 3.31. The second-order valence-corrected chi connectivity index (χ2v) is 6.36. The molecule has 4 rings (SSSR count). The maximum Gasteiger partial charge on any atom is 0.272 e. The van der Waals surface area contributed by atoms with Crippen LogP contribution >= 0.6 is 0 Å². The van der Waals surface area contributed by atoms with E-state index in [4.69, 9.17) is 0 Å². The Labute approximate surface area is 134 Å². The lowest BCUT2D eigenvalue weighted by molar-refractivity contribution is 0.0944. The minimum absolute atomic E-state index is 0.137. The first kappa shape index (κ1) is 14.4. The van der Waals surface area contributed by atoms with Gasteiger partial charge in [0.15, 0.2) is 5.69 Å². The number of fused-ring (bicyclic) bond motifs is 1. The molecule has 122 valence electrons. The minimum atomic E-state index is -0.137. The smallest absolute Gasteiger partial charge is 0.272 e. The molecule has 1 saturated carbocycles. The van der Waals surface area contributed by atoms with E-state index in [9.17, 15) is 4.79 Å². The van der Waals surface area contributed by atoms with E-state index in [1.54, 1.807) is 0 Å². The van der Waals surface area contributed by atoms with Crippen LogP contribution in [0.1, 0.15) is 59.2 Å². The van der Waals surface area contributed by atoms with E-state index in [-0.39, 0.29) is 5.91 Å². The van der Waals surface area contributed by atoms with Crippen molar-refractivity contribution in [2.24, 2.45) is 0 Å². The zero-order valence-corrected chi connectivity index (χ0v) is 13.1. The fourth-order valence-electron chi connectivity index (χ4n) is 3.51. The van der Waals surface area contributed by atoms with Crippen molar-refractivity contribution in [1.29, 1.82) is 0 Å². The Bertz CT molecular complexity index is 697. The summed E-state index contributed by atoms with van der Waals surface area (Å²) in [7, 11) is 0. The summed E-state index contributed by atoms with van der Waals surface area (Å²) >= 11 is 0. The standard InChI is InChI=1S/C16H22N6O/c23-16(15-13-10-17-7-5-14(13)19-20-15)18-9-11-6-8-22(21-11)12-3-1-2-4-12/h6,8,12,17H,1-5,7,9-10H2,(H,18,23)(H,19,20). The number of hydrogen-bond donors (Lipinski definition) is 3. The number of nitrogens with one attached hydrogen (secondary N) is 3. The van der Waals surface area contributed by atoms with Crippen LogP contribution in [0.4, 0.5) is 0 Å². The van der Waals surface area contributed by atoms with Crippen molar-refractivity contribution in [3.05, 3.63) is 34.9 Å². The molecule has 1 aliphatic heterocycles. The quantitative estimate of drug-likeness (QED) is 0.794. The normalized spacial score (nSPS) is 18.1. The SMILES string of the molecule is O=C(NCc1ccn(C2CCCC2)n1)c1n[nH]c2c1CNCC2. The molecule has 2 aliphatic rings. The van der Waals surface area contributed by atoms with Gasteiger partial charge in [-0.05, 0) is 18.9 Å². The molecule has 1 aliphatic carbocycles. The average molecular weight is 314 g/mol. The molecule has 3 heterocycles. The summed E-state index contributed by atoms with van der Waals surface area (Å²) in [5.74, 6) is -0.137. The van der Waals surface area contributed by atoms with Gasteiger partial charge < -0.3 is 10.6 Å². The van der Waals surface area contributed by atoms with Gasteiger partial charge in [0, 0.05) is 37.0 Å². The van der Waals surface area contributed by atoms with Gasteiger partial charge in [-0.25, -0.2) is 0 Å². The summed E-state index contributed by atoms with van der Waals surface area (Å²) in [4.78, 5) is 12.4. The van der Waals surface area contributed by atoms with Crippen LogP contribution < -0.4 is 10.6 Å². The van der Waals surface area contributed by atoms with Crippen LogP contribution in [0.2, 0.25) is 0 Å². The number of aromatic nitrogens is 4. The second-order valence-electron chi connectivity index (χ2n) is 6.36.